The van der Waals surface area contributed by atoms with Gasteiger partial charge in [-0.3, -0.25) is 43.9 Å². The second-order valence-electron chi connectivity index (χ2n) is 29.7. The van der Waals surface area contributed by atoms with Crippen molar-refractivity contribution in [3.63, 3.8) is 0 Å². The van der Waals surface area contributed by atoms with Crippen LogP contribution < -0.4 is 9.47 Å². The first-order valence-corrected chi connectivity index (χ1v) is 46.0. The van der Waals surface area contributed by atoms with Crippen molar-refractivity contribution in [1.82, 2.24) is 0 Å². The van der Waals surface area contributed by atoms with E-state index in [4.69, 9.17) is 14.5 Å². The van der Waals surface area contributed by atoms with Crippen LogP contribution in [0.5, 0.6) is 11.5 Å². The smallest absolute Gasteiger partial charge is 0.182 e. The van der Waals surface area contributed by atoms with Crippen molar-refractivity contribution >= 4 is 140 Å². The normalized spacial score (nSPS) is 14.6. The third-order valence-electron chi connectivity index (χ3n) is 20.9. The molecule has 5 aliphatic rings. The van der Waals surface area contributed by atoms with Crippen molar-refractivity contribution in [3.05, 3.63) is 398 Å². The number of ether oxygens (including phenoxy) is 2. The van der Waals surface area contributed by atoms with Gasteiger partial charge < -0.3 is 9.47 Å². The number of aliphatic imine (C=N–C) groups is 5. The summed E-state index contributed by atoms with van der Waals surface area (Å²) in [6.45, 7) is 11.5. The van der Waals surface area contributed by atoms with Crippen LogP contribution in [0, 0.1) is 11.3 Å². The summed E-state index contributed by atoms with van der Waals surface area (Å²) in [6, 6.07) is 97.4. The maximum Gasteiger partial charge on any atom is 0.182 e. The number of carbonyl (C=O) groups excluding carboxylic acids is 5. The van der Waals surface area contributed by atoms with Gasteiger partial charge in [-0.05, 0) is 137 Å². The number of Topliss-reactive ketones (excluding diaryl/α,β-unsaturated/α-hetero) is 5. The summed E-state index contributed by atoms with van der Waals surface area (Å²) in [7, 11) is 3.24. The monoisotopic (exact) mass is 1730 g/mol. The van der Waals surface area contributed by atoms with E-state index in [0.29, 0.717) is 57.1 Å². The fourth-order valence-electron chi connectivity index (χ4n) is 14.3. The van der Waals surface area contributed by atoms with Gasteiger partial charge in [-0.15, -0.1) is 65.4 Å². The van der Waals surface area contributed by atoms with Gasteiger partial charge in [0.15, 0.2) is 28.9 Å². The highest BCUT2D eigenvalue weighted by Crippen LogP contribution is 2.35. The van der Waals surface area contributed by atoms with Gasteiger partial charge in [0, 0.05) is 105 Å². The van der Waals surface area contributed by atoms with E-state index < -0.39 is 0 Å². The Morgan fingerprint density at radius 3 is 1.05 bits per heavy atom. The van der Waals surface area contributed by atoms with Gasteiger partial charge in [0.25, 0.3) is 0 Å². The second kappa shape index (κ2) is 47.0. The molecule has 0 spiro atoms. The van der Waals surface area contributed by atoms with Crippen LogP contribution in [0.3, 0.4) is 0 Å². The van der Waals surface area contributed by atoms with E-state index in [9.17, 15) is 29.2 Å². The average Bonchev–Trinajstić information content (AvgIpc) is 0.792. The van der Waals surface area contributed by atoms with Gasteiger partial charge in [-0.1, -0.05) is 255 Å². The van der Waals surface area contributed by atoms with Crippen LogP contribution in [0.25, 0.3) is 27.2 Å². The highest BCUT2D eigenvalue weighted by molar-refractivity contribution is 8.14. The zero-order valence-corrected chi connectivity index (χ0v) is 74.7. The third kappa shape index (κ3) is 26.7. The summed E-state index contributed by atoms with van der Waals surface area (Å²) >= 11 is 8.14. The first kappa shape index (κ1) is 91.1. The molecule has 0 amide bonds. The minimum atomic E-state index is -0.171. The predicted octanol–water partition coefficient (Wildman–Crippen LogP) is 24.8. The molecule has 11 aromatic carbocycles. The lowest BCUT2D eigenvalue weighted by atomic mass is 9.93. The molecule has 0 atom stereocenters. The number of thioether (sulfide) groups is 5. The lowest BCUT2D eigenvalue weighted by molar-refractivity contribution is -0.115. The molecular weight excluding hydrogens is 1630 g/mol. The summed E-state index contributed by atoms with van der Waals surface area (Å²) in [6.07, 6.45) is 7.18. The third-order valence-corrected chi connectivity index (χ3v) is 26.0. The zero-order valence-electron chi connectivity index (χ0n) is 70.6. The van der Waals surface area contributed by atoms with Gasteiger partial charge in [0.1, 0.15) is 23.1 Å². The number of hydrogen-bond acceptors (Lipinski definition) is 18. The van der Waals surface area contributed by atoms with Crippen molar-refractivity contribution in [2.45, 2.75) is 109 Å². The quantitative estimate of drug-likeness (QED) is 0.0583. The first-order chi connectivity index (χ1) is 60.5. The molecule has 0 N–H and O–H groups in total. The largest absolute Gasteiger partial charge is 0.497 e. The minimum absolute atomic E-state index is 0.127. The fraction of sp³-hybridized carbons (Fsp3) is 0.198. The molecule has 0 aromatic heterocycles. The molecule has 11 aromatic rings. The minimum Gasteiger partial charge on any atom is -0.497 e. The Labute approximate surface area is 749 Å². The summed E-state index contributed by atoms with van der Waals surface area (Å²) in [4.78, 5) is 86.1. The Kier molecular flexibility index (Phi) is 34.5. The number of carbonyl (C=O) groups is 5. The molecule has 624 valence electrons. The Bertz CT molecular complexity index is 6040. The van der Waals surface area contributed by atoms with E-state index in [1.54, 1.807) is 85.2 Å². The number of benzene rings is 11. The van der Waals surface area contributed by atoms with E-state index in [2.05, 4.69) is 148 Å². The Morgan fingerprint density at radius 1 is 0.347 bits per heavy atom. The fourth-order valence-corrected chi connectivity index (χ4v) is 18.9. The van der Waals surface area contributed by atoms with E-state index >= 15 is 0 Å². The number of methoxy groups -OCH3 is 2. The highest BCUT2D eigenvalue weighted by atomic mass is 32.2. The molecule has 0 saturated heterocycles. The van der Waals surface area contributed by atoms with Crippen molar-refractivity contribution in [2.24, 2.45) is 25.0 Å². The molecule has 0 aliphatic carbocycles. The number of ketones is 5. The Hall–Kier alpha value is -12.1. The predicted molar refractivity (Wildman–Crippen MR) is 522 cm³/mol. The molecule has 5 aliphatic heterocycles. The summed E-state index contributed by atoms with van der Waals surface area (Å²) < 4.78 is 10.3. The van der Waals surface area contributed by atoms with Gasteiger partial charge in [-0.2, -0.15) is 5.26 Å². The second-order valence-corrected chi connectivity index (χ2v) is 35.1. The summed E-state index contributed by atoms with van der Waals surface area (Å²) in [5, 5.41) is 18.6. The van der Waals surface area contributed by atoms with Crippen molar-refractivity contribution in [2.75, 3.05) is 25.7 Å². The van der Waals surface area contributed by atoms with Crippen molar-refractivity contribution < 1.29 is 33.4 Å². The number of rotatable bonds is 22. The first-order valence-electron chi connectivity index (χ1n) is 41.1. The van der Waals surface area contributed by atoms with E-state index in [0.717, 1.165) is 134 Å². The number of allylic oxidation sites excluding steroid dienone is 9. The average molecular weight is 1730 g/mol. The van der Waals surface area contributed by atoms with Crippen molar-refractivity contribution in [3.8, 4) is 17.6 Å². The van der Waals surface area contributed by atoms with E-state index in [-0.39, 0.29) is 40.9 Å². The molecule has 18 heteroatoms. The number of hydrogen-bond donors (Lipinski definition) is 0. The number of fused-ring (bicyclic) bond motifs is 2. The van der Waals surface area contributed by atoms with Crippen molar-refractivity contribution in [1.29, 1.82) is 5.26 Å². The number of aryl methyl sites for hydroxylation is 1. The molecule has 5 heterocycles. The zero-order chi connectivity index (χ0) is 86.9. The summed E-state index contributed by atoms with van der Waals surface area (Å²) in [5.74, 6) is 6.32. The van der Waals surface area contributed by atoms with Crippen LogP contribution in [-0.4, -0.2) is 79.9 Å². The Morgan fingerprint density at radius 2 is 0.669 bits per heavy atom. The lowest BCUT2D eigenvalue weighted by Crippen LogP contribution is -2.16. The van der Waals surface area contributed by atoms with Gasteiger partial charge in [0.2, 0.25) is 0 Å². The molecule has 16 rings (SSSR count). The van der Waals surface area contributed by atoms with Gasteiger partial charge in [0.05, 0.1) is 77.2 Å². The molecule has 0 unspecified atom stereocenters. The van der Waals surface area contributed by atoms with Crippen LogP contribution in [0.2, 0.25) is 0 Å². The van der Waals surface area contributed by atoms with Crippen LogP contribution in [0.4, 0.5) is 0 Å². The van der Waals surface area contributed by atoms with E-state index in [1.165, 1.54) is 54.9 Å². The topological polar surface area (TPSA) is 189 Å². The number of nitriles is 1. The van der Waals surface area contributed by atoms with Crippen LogP contribution in [0.1, 0.15) is 110 Å². The summed E-state index contributed by atoms with van der Waals surface area (Å²) in [5.41, 5.74) is 17.7. The molecule has 0 bridgehead atoms. The molecule has 0 saturated carbocycles. The Balaban J connectivity index is 0.000000142. The van der Waals surface area contributed by atoms with Gasteiger partial charge in [-0.25, -0.2) is 4.99 Å². The molecular formula is C106H98N6O7S5. The molecule has 0 radical (unpaired) electrons. The highest BCUT2D eigenvalue weighted by Gasteiger charge is 2.28. The van der Waals surface area contributed by atoms with Crippen LogP contribution in [0.15, 0.2) is 373 Å². The standard InChI is InChI=1S/C24H21NOS.C21H18N2O2S.C21H21NO2S.2C20H19NOS/c1-17-22(14-20-12-7-11-19-10-5-6-13-21(19)20)23(26)15-24(25-17)27-16-18-8-3-2-4-9-18;1-25-17-9-7-16(8-10-17)21-18(14-22)19(24)13-20(23-21)26-12-11-15-5-3-2-4-6-15;1-15-19(12-16-8-10-18(24-2)11-9-16)20(23)13-21(22-15)25-14-17-6-4-3-5-7-17;1-15-18(12-16-8-4-2-5-9-16)19(22)13-20(21-15)23-14-17-10-6-3-7-11-17;1-3-11-23-20-13-19(22)18(14(2)21-20)12-16-9-6-8-15-7-4-5-10-17(15)16/h2-13H,14-16H2,1H3;2-10H,11-13H2,1H3;3-11H,12-14H2,1-2H3;2-11H,12-14H2,1H3;3-10H,1,11-13H2,2H3. The lowest BCUT2D eigenvalue weighted by Gasteiger charge is -2.17. The molecule has 13 nitrogen and oxygen atoms in total. The SMILES string of the molecule is C=CCSC1=NC(C)=C(Cc2cccc3ccccc23)C(=O)C1.CC1=C(Cc2cccc3ccccc23)C(=O)CC(SCc2ccccc2)=N1.CC1=C(Cc2ccccc2)C(=O)CC(SCc2ccccc2)=N1.COc1ccc(C2=C(C#N)C(=O)CC(SCCc3ccccc3)=N2)cc1.COc1ccc(CC2=C(C)N=C(SCc3ccccc3)CC2=O)cc1. The maximum absolute atomic E-state index is 12.8. The molecule has 0 fully saturated rings. The van der Waals surface area contributed by atoms with E-state index in [1.807, 2.05) is 191 Å². The van der Waals surface area contributed by atoms with Crippen LogP contribution >= 0.6 is 58.8 Å². The van der Waals surface area contributed by atoms with Crippen LogP contribution in [-0.2, 0) is 73.3 Å². The number of nitrogens with zero attached hydrogens (tertiary/aromatic N) is 6. The maximum atomic E-state index is 12.8. The molecule has 124 heavy (non-hydrogen) atoms. The van der Waals surface area contributed by atoms with Gasteiger partial charge >= 0.3 is 0 Å².